The van der Waals surface area contributed by atoms with Crippen molar-refractivity contribution in [2.75, 3.05) is 26.0 Å². The molecule has 0 radical (unpaired) electrons. The van der Waals surface area contributed by atoms with Gasteiger partial charge in [0.15, 0.2) is 16.7 Å². The van der Waals surface area contributed by atoms with Crippen LogP contribution in [0.2, 0.25) is 0 Å². The summed E-state index contributed by atoms with van der Waals surface area (Å²) in [6.07, 6.45) is 6.38. The molecular weight excluding hydrogens is 398 g/mol. The number of nitrogens with zero attached hydrogens (tertiary/aromatic N) is 2. The third-order valence-electron chi connectivity index (χ3n) is 4.50. The summed E-state index contributed by atoms with van der Waals surface area (Å²) in [6.45, 7) is 5.60. The Balaban J connectivity index is 1.57. The second-order valence-corrected chi connectivity index (χ2v) is 7.26. The summed E-state index contributed by atoms with van der Waals surface area (Å²) in [6, 6.07) is 13.4. The van der Waals surface area contributed by atoms with Crippen LogP contribution in [0.3, 0.4) is 0 Å². The van der Waals surface area contributed by atoms with Gasteiger partial charge in [0, 0.05) is 30.2 Å². The third kappa shape index (κ3) is 5.36. The van der Waals surface area contributed by atoms with E-state index in [0.29, 0.717) is 31.7 Å². The molecular formula is C23H27N3O3S. The minimum atomic E-state index is -0.0896. The van der Waals surface area contributed by atoms with Crippen LogP contribution >= 0.6 is 11.8 Å². The summed E-state index contributed by atoms with van der Waals surface area (Å²) in [7, 11) is 0. The van der Waals surface area contributed by atoms with Gasteiger partial charge in [-0.25, -0.2) is 4.98 Å². The van der Waals surface area contributed by atoms with Crippen LogP contribution in [0.15, 0.2) is 60.0 Å². The average molecular weight is 426 g/mol. The first-order chi connectivity index (χ1) is 14.7. The minimum Gasteiger partial charge on any atom is -0.490 e. The van der Waals surface area contributed by atoms with Gasteiger partial charge in [-0.3, -0.25) is 9.36 Å². The van der Waals surface area contributed by atoms with Crippen molar-refractivity contribution in [1.29, 1.82) is 0 Å². The van der Waals surface area contributed by atoms with Gasteiger partial charge in [0.2, 0.25) is 0 Å². The maximum absolute atomic E-state index is 12.5. The lowest BCUT2D eigenvalue weighted by atomic mass is 10.1. The number of thioether (sulfide) groups is 1. The molecule has 6 nitrogen and oxygen atoms in total. The smallest absolute Gasteiger partial charge is 0.251 e. The van der Waals surface area contributed by atoms with Gasteiger partial charge in [0.25, 0.3) is 5.91 Å². The number of imidazole rings is 1. The van der Waals surface area contributed by atoms with Crippen LogP contribution in [0.1, 0.15) is 29.8 Å². The van der Waals surface area contributed by atoms with Crippen molar-refractivity contribution in [3.05, 3.63) is 66.0 Å². The maximum Gasteiger partial charge on any atom is 0.251 e. The predicted octanol–water partition coefficient (Wildman–Crippen LogP) is 4.36. The maximum atomic E-state index is 12.5. The molecule has 3 aromatic rings. The van der Waals surface area contributed by atoms with Crippen molar-refractivity contribution in [1.82, 2.24) is 14.9 Å². The first-order valence-electron chi connectivity index (χ1n) is 10.0. The fourth-order valence-corrected chi connectivity index (χ4v) is 3.61. The lowest BCUT2D eigenvalue weighted by molar-refractivity contribution is 0.0954. The second-order valence-electron chi connectivity index (χ2n) is 6.48. The molecule has 0 bridgehead atoms. The van der Waals surface area contributed by atoms with E-state index in [2.05, 4.69) is 10.3 Å². The Morgan fingerprint density at radius 2 is 1.80 bits per heavy atom. The molecule has 1 amide bonds. The Morgan fingerprint density at radius 3 is 2.50 bits per heavy atom. The average Bonchev–Trinajstić information content (AvgIpc) is 3.25. The van der Waals surface area contributed by atoms with E-state index in [-0.39, 0.29) is 5.91 Å². The molecule has 0 aliphatic rings. The van der Waals surface area contributed by atoms with Crippen molar-refractivity contribution in [3.63, 3.8) is 0 Å². The molecule has 3 rings (SSSR count). The monoisotopic (exact) mass is 425 g/mol. The summed E-state index contributed by atoms with van der Waals surface area (Å²) in [5.41, 5.74) is 2.69. The van der Waals surface area contributed by atoms with Gasteiger partial charge >= 0.3 is 0 Å². The quantitative estimate of drug-likeness (QED) is 0.489. The Hall–Kier alpha value is -2.93. The molecule has 30 heavy (non-hydrogen) atoms. The first kappa shape index (κ1) is 21.8. The number of carbonyl (C=O) groups is 1. The van der Waals surface area contributed by atoms with Crippen molar-refractivity contribution in [2.45, 2.75) is 25.4 Å². The fraction of sp³-hybridized carbons (Fsp3) is 0.304. The van der Waals surface area contributed by atoms with Crippen LogP contribution in [0.25, 0.3) is 5.69 Å². The molecule has 0 fully saturated rings. The topological polar surface area (TPSA) is 65.4 Å². The second kappa shape index (κ2) is 10.7. The molecule has 0 spiro atoms. The van der Waals surface area contributed by atoms with Gasteiger partial charge in [-0.2, -0.15) is 0 Å². The van der Waals surface area contributed by atoms with Crippen LogP contribution < -0.4 is 14.8 Å². The fourth-order valence-electron chi connectivity index (χ4n) is 3.08. The van der Waals surface area contributed by atoms with E-state index in [9.17, 15) is 4.79 Å². The highest BCUT2D eigenvalue weighted by molar-refractivity contribution is 7.98. The Bertz CT molecular complexity index is 970. The van der Waals surface area contributed by atoms with E-state index in [0.717, 1.165) is 27.9 Å². The molecule has 0 aliphatic heterocycles. The Kier molecular flexibility index (Phi) is 7.79. The van der Waals surface area contributed by atoms with E-state index in [4.69, 9.17) is 9.47 Å². The van der Waals surface area contributed by atoms with Crippen molar-refractivity contribution in [2.24, 2.45) is 0 Å². The number of carbonyl (C=O) groups excluding carboxylic acids is 1. The molecule has 1 aromatic heterocycles. The molecule has 0 saturated carbocycles. The molecule has 1 heterocycles. The van der Waals surface area contributed by atoms with Crippen LogP contribution in [0.4, 0.5) is 0 Å². The van der Waals surface area contributed by atoms with Gasteiger partial charge in [-0.15, -0.1) is 0 Å². The number of hydrogen-bond donors (Lipinski definition) is 1. The molecule has 7 heteroatoms. The van der Waals surface area contributed by atoms with Crippen LogP contribution in [-0.4, -0.2) is 41.5 Å². The third-order valence-corrected chi connectivity index (χ3v) is 5.17. The summed E-state index contributed by atoms with van der Waals surface area (Å²) < 4.78 is 13.3. The van der Waals surface area contributed by atoms with Gasteiger partial charge in [-0.05, 0) is 68.5 Å². The van der Waals surface area contributed by atoms with Gasteiger partial charge in [0.1, 0.15) is 0 Å². The van der Waals surface area contributed by atoms with E-state index in [1.807, 2.05) is 73.3 Å². The number of benzene rings is 2. The standard InChI is InChI=1S/C23H27N3O3S/c1-4-28-20-11-6-17(16-21(20)29-5-2)12-13-24-22(27)18-7-9-19(10-8-18)26-15-14-25-23(26)30-3/h6-11,14-16H,4-5,12-13H2,1-3H3,(H,24,27). The number of amides is 1. The van der Waals surface area contributed by atoms with Crippen molar-refractivity contribution >= 4 is 17.7 Å². The summed E-state index contributed by atoms with van der Waals surface area (Å²) in [5, 5.41) is 3.89. The highest BCUT2D eigenvalue weighted by atomic mass is 32.2. The molecule has 0 atom stereocenters. The SMILES string of the molecule is CCOc1ccc(CCNC(=O)c2ccc(-n3ccnc3SC)cc2)cc1OCC. The minimum absolute atomic E-state index is 0.0896. The largest absolute Gasteiger partial charge is 0.490 e. The van der Waals surface area contributed by atoms with E-state index in [1.54, 1.807) is 18.0 Å². The van der Waals surface area contributed by atoms with Gasteiger partial charge in [-0.1, -0.05) is 17.8 Å². The molecule has 1 N–H and O–H groups in total. The number of aromatic nitrogens is 2. The summed E-state index contributed by atoms with van der Waals surface area (Å²) in [4.78, 5) is 16.8. The number of nitrogens with one attached hydrogen (secondary N) is 1. The lowest BCUT2D eigenvalue weighted by Crippen LogP contribution is -2.25. The van der Waals surface area contributed by atoms with E-state index in [1.165, 1.54) is 0 Å². The molecule has 0 unspecified atom stereocenters. The predicted molar refractivity (Wildman–Crippen MR) is 120 cm³/mol. The zero-order valence-corrected chi connectivity index (χ0v) is 18.4. The number of hydrogen-bond acceptors (Lipinski definition) is 5. The zero-order chi connectivity index (χ0) is 21.3. The lowest BCUT2D eigenvalue weighted by Gasteiger charge is -2.13. The molecule has 0 saturated heterocycles. The number of ether oxygens (including phenoxy) is 2. The van der Waals surface area contributed by atoms with Crippen LogP contribution in [0.5, 0.6) is 11.5 Å². The van der Waals surface area contributed by atoms with Crippen LogP contribution in [-0.2, 0) is 6.42 Å². The molecule has 158 valence electrons. The van der Waals surface area contributed by atoms with Crippen LogP contribution in [0, 0.1) is 0 Å². The van der Waals surface area contributed by atoms with E-state index < -0.39 is 0 Å². The van der Waals surface area contributed by atoms with Gasteiger partial charge in [0.05, 0.1) is 13.2 Å². The Morgan fingerprint density at radius 1 is 1.07 bits per heavy atom. The first-order valence-corrected chi connectivity index (χ1v) is 11.2. The summed E-state index contributed by atoms with van der Waals surface area (Å²) in [5.74, 6) is 1.39. The van der Waals surface area contributed by atoms with Gasteiger partial charge < -0.3 is 14.8 Å². The molecule has 0 aliphatic carbocycles. The Labute approximate surface area is 181 Å². The highest BCUT2D eigenvalue weighted by Crippen LogP contribution is 2.28. The number of rotatable bonds is 10. The summed E-state index contributed by atoms with van der Waals surface area (Å²) >= 11 is 1.58. The van der Waals surface area contributed by atoms with Crippen molar-refractivity contribution < 1.29 is 14.3 Å². The highest BCUT2D eigenvalue weighted by Gasteiger charge is 2.09. The zero-order valence-electron chi connectivity index (χ0n) is 17.6. The van der Waals surface area contributed by atoms with E-state index >= 15 is 0 Å². The normalized spacial score (nSPS) is 10.6. The van der Waals surface area contributed by atoms with Crippen molar-refractivity contribution in [3.8, 4) is 17.2 Å². The molecule has 2 aromatic carbocycles.